The number of amides is 1. The molecule has 1 amide bonds. The summed E-state index contributed by atoms with van der Waals surface area (Å²) >= 11 is 3.22. The SMILES string of the molecule is O=C1N=CC(c2ccccn2)=CC1Br. The highest BCUT2D eigenvalue weighted by molar-refractivity contribution is 9.10. The van der Waals surface area contributed by atoms with Gasteiger partial charge in [0.25, 0.3) is 5.91 Å². The van der Waals surface area contributed by atoms with Gasteiger partial charge in [-0.25, -0.2) is 4.99 Å². The van der Waals surface area contributed by atoms with Gasteiger partial charge in [-0.1, -0.05) is 28.1 Å². The average Bonchev–Trinajstić information content (AvgIpc) is 2.23. The Labute approximate surface area is 89.7 Å². The lowest BCUT2D eigenvalue weighted by molar-refractivity contribution is -0.116. The Morgan fingerprint density at radius 1 is 1.36 bits per heavy atom. The van der Waals surface area contributed by atoms with Gasteiger partial charge in [0.2, 0.25) is 0 Å². The molecule has 0 saturated heterocycles. The molecular weight excluding hydrogens is 244 g/mol. The molecule has 0 saturated carbocycles. The quantitative estimate of drug-likeness (QED) is 0.714. The lowest BCUT2D eigenvalue weighted by Crippen LogP contribution is -2.13. The van der Waals surface area contributed by atoms with Crippen LogP contribution in [0, 0.1) is 0 Å². The van der Waals surface area contributed by atoms with Crippen molar-refractivity contribution in [3.63, 3.8) is 0 Å². The number of nitrogens with zero attached hydrogens (tertiary/aromatic N) is 2. The molecule has 1 aromatic rings. The number of aliphatic imine (C=N–C) groups is 1. The molecular formula is C10H7BrN2O. The summed E-state index contributed by atoms with van der Waals surface area (Å²) in [5, 5.41) is 0. The van der Waals surface area contributed by atoms with Gasteiger partial charge in [0, 0.05) is 18.0 Å². The molecule has 1 atom stereocenters. The second-order valence-corrected chi connectivity index (χ2v) is 3.82. The number of aromatic nitrogens is 1. The summed E-state index contributed by atoms with van der Waals surface area (Å²) < 4.78 is 0. The molecule has 4 heteroatoms. The van der Waals surface area contributed by atoms with Crippen LogP contribution in [0.5, 0.6) is 0 Å². The molecule has 70 valence electrons. The van der Waals surface area contributed by atoms with Crippen LogP contribution in [0.4, 0.5) is 0 Å². The topological polar surface area (TPSA) is 42.3 Å². The highest BCUT2D eigenvalue weighted by Crippen LogP contribution is 2.18. The zero-order valence-corrected chi connectivity index (χ0v) is 8.81. The van der Waals surface area contributed by atoms with Crippen LogP contribution in [0.1, 0.15) is 5.69 Å². The van der Waals surface area contributed by atoms with E-state index in [1.807, 2.05) is 18.2 Å². The smallest absolute Gasteiger partial charge is 0.263 e. The van der Waals surface area contributed by atoms with Crippen LogP contribution in [0.25, 0.3) is 5.57 Å². The molecule has 0 aromatic carbocycles. The number of halogens is 1. The number of carbonyl (C=O) groups is 1. The van der Waals surface area contributed by atoms with Crippen molar-refractivity contribution < 1.29 is 4.79 Å². The van der Waals surface area contributed by atoms with E-state index in [4.69, 9.17) is 0 Å². The van der Waals surface area contributed by atoms with Crippen molar-refractivity contribution in [2.24, 2.45) is 4.99 Å². The van der Waals surface area contributed by atoms with E-state index in [0.29, 0.717) is 0 Å². The predicted molar refractivity (Wildman–Crippen MR) is 58.4 cm³/mol. The molecule has 0 radical (unpaired) electrons. The first kappa shape index (κ1) is 9.27. The maximum Gasteiger partial charge on any atom is 0.263 e. The molecule has 1 unspecified atom stereocenters. The van der Waals surface area contributed by atoms with Crippen LogP contribution in [0.3, 0.4) is 0 Å². The number of pyridine rings is 1. The Bertz CT molecular complexity index is 411. The third kappa shape index (κ3) is 1.80. The number of hydrogen-bond acceptors (Lipinski definition) is 2. The van der Waals surface area contributed by atoms with Crippen molar-refractivity contribution in [2.75, 3.05) is 0 Å². The van der Waals surface area contributed by atoms with E-state index >= 15 is 0 Å². The summed E-state index contributed by atoms with van der Waals surface area (Å²) in [6.45, 7) is 0. The molecule has 2 heterocycles. The van der Waals surface area contributed by atoms with Gasteiger partial charge in [0.05, 0.1) is 5.69 Å². The van der Waals surface area contributed by atoms with Gasteiger partial charge >= 0.3 is 0 Å². The number of carbonyl (C=O) groups excluding carboxylic acids is 1. The Morgan fingerprint density at radius 2 is 2.21 bits per heavy atom. The van der Waals surface area contributed by atoms with Crippen molar-refractivity contribution in [1.82, 2.24) is 4.98 Å². The number of dihydropyridines is 1. The molecule has 1 aromatic heterocycles. The molecule has 1 aliphatic rings. The van der Waals surface area contributed by atoms with Crippen molar-refractivity contribution >= 4 is 33.6 Å². The lowest BCUT2D eigenvalue weighted by Gasteiger charge is -2.08. The fraction of sp³-hybridized carbons (Fsp3) is 0.100. The molecule has 14 heavy (non-hydrogen) atoms. The average molecular weight is 251 g/mol. The standard InChI is InChI=1S/C10H7BrN2O/c11-8-5-7(6-13-10(8)14)9-3-1-2-4-12-9/h1-6,8H. The van der Waals surface area contributed by atoms with Crippen LogP contribution in [-0.2, 0) is 4.79 Å². The fourth-order valence-electron chi connectivity index (χ4n) is 1.16. The molecule has 0 spiro atoms. The Hall–Kier alpha value is -1.29. The second kappa shape index (κ2) is 3.84. The van der Waals surface area contributed by atoms with Crippen LogP contribution in [0.15, 0.2) is 35.5 Å². The van der Waals surface area contributed by atoms with Gasteiger partial charge in [-0.15, -0.1) is 0 Å². The second-order valence-electron chi connectivity index (χ2n) is 2.84. The zero-order chi connectivity index (χ0) is 9.97. The largest absolute Gasteiger partial charge is 0.271 e. The molecule has 0 aliphatic carbocycles. The first-order chi connectivity index (χ1) is 6.77. The van der Waals surface area contributed by atoms with Crippen molar-refractivity contribution in [2.45, 2.75) is 4.83 Å². The summed E-state index contributed by atoms with van der Waals surface area (Å²) in [6, 6.07) is 5.63. The number of hydrogen-bond donors (Lipinski definition) is 0. The maximum absolute atomic E-state index is 11.1. The van der Waals surface area contributed by atoms with Gasteiger partial charge in [-0.2, -0.15) is 0 Å². The zero-order valence-electron chi connectivity index (χ0n) is 7.22. The van der Waals surface area contributed by atoms with Crippen molar-refractivity contribution in [1.29, 1.82) is 0 Å². The molecule has 0 N–H and O–H groups in total. The molecule has 2 rings (SSSR count). The van der Waals surface area contributed by atoms with E-state index in [0.717, 1.165) is 11.3 Å². The maximum atomic E-state index is 11.1. The molecule has 0 bridgehead atoms. The first-order valence-corrected chi connectivity index (χ1v) is 5.04. The minimum atomic E-state index is -0.329. The van der Waals surface area contributed by atoms with Crippen LogP contribution in [-0.4, -0.2) is 21.9 Å². The number of allylic oxidation sites excluding steroid dienone is 1. The van der Waals surface area contributed by atoms with Crippen LogP contribution >= 0.6 is 15.9 Å². The predicted octanol–water partition coefficient (Wildman–Crippen LogP) is 1.84. The minimum absolute atomic E-state index is 0.176. The first-order valence-electron chi connectivity index (χ1n) is 4.12. The van der Waals surface area contributed by atoms with Gasteiger partial charge in [0.15, 0.2) is 0 Å². The van der Waals surface area contributed by atoms with Crippen molar-refractivity contribution in [3.05, 3.63) is 36.2 Å². The summed E-state index contributed by atoms with van der Waals surface area (Å²) in [6.07, 6.45) is 5.06. The van der Waals surface area contributed by atoms with E-state index in [9.17, 15) is 4.79 Å². The fourth-order valence-corrected chi connectivity index (χ4v) is 1.56. The van der Waals surface area contributed by atoms with Crippen molar-refractivity contribution in [3.8, 4) is 0 Å². The molecule has 0 fully saturated rings. The monoisotopic (exact) mass is 250 g/mol. The van der Waals surface area contributed by atoms with Gasteiger partial charge < -0.3 is 0 Å². The summed E-state index contributed by atoms with van der Waals surface area (Å²) in [5.41, 5.74) is 1.69. The number of rotatable bonds is 1. The van der Waals surface area contributed by atoms with E-state index in [-0.39, 0.29) is 10.7 Å². The summed E-state index contributed by atoms with van der Waals surface area (Å²) in [5.74, 6) is -0.176. The summed E-state index contributed by atoms with van der Waals surface area (Å²) in [4.78, 5) is 18.7. The third-order valence-corrected chi connectivity index (χ3v) is 2.51. The van der Waals surface area contributed by atoms with E-state index in [1.54, 1.807) is 18.5 Å². The Kier molecular flexibility index (Phi) is 2.54. The van der Waals surface area contributed by atoms with E-state index in [1.165, 1.54) is 0 Å². The minimum Gasteiger partial charge on any atom is -0.271 e. The normalized spacial score (nSPS) is 20.8. The van der Waals surface area contributed by atoms with Gasteiger partial charge in [-0.3, -0.25) is 9.78 Å². The van der Waals surface area contributed by atoms with E-state index < -0.39 is 0 Å². The molecule has 1 aliphatic heterocycles. The van der Waals surface area contributed by atoms with Crippen LogP contribution in [0.2, 0.25) is 0 Å². The highest BCUT2D eigenvalue weighted by Gasteiger charge is 2.16. The Balaban J connectivity index is 2.34. The molecule has 3 nitrogen and oxygen atoms in total. The highest BCUT2D eigenvalue weighted by atomic mass is 79.9. The lowest BCUT2D eigenvalue weighted by atomic mass is 10.1. The van der Waals surface area contributed by atoms with E-state index in [2.05, 4.69) is 25.9 Å². The summed E-state index contributed by atoms with van der Waals surface area (Å²) in [7, 11) is 0. The number of alkyl halides is 1. The van der Waals surface area contributed by atoms with Gasteiger partial charge in [0.1, 0.15) is 4.83 Å². The Morgan fingerprint density at radius 3 is 2.86 bits per heavy atom. The van der Waals surface area contributed by atoms with Gasteiger partial charge in [-0.05, 0) is 12.1 Å². The van der Waals surface area contributed by atoms with Crippen LogP contribution < -0.4 is 0 Å². The third-order valence-electron chi connectivity index (χ3n) is 1.85.